The third-order valence-corrected chi connectivity index (χ3v) is 4.39. The van der Waals surface area contributed by atoms with Gasteiger partial charge in [-0.25, -0.2) is 0 Å². The van der Waals surface area contributed by atoms with Gasteiger partial charge in [-0.2, -0.15) is 0 Å². The average molecular weight is 315 g/mol. The van der Waals surface area contributed by atoms with E-state index in [0.717, 1.165) is 10.2 Å². The second-order valence-corrected chi connectivity index (χ2v) is 5.35. The van der Waals surface area contributed by atoms with Crippen LogP contribution in [0.3, 0.4) is 0 Å². The van der Waals surface area contributed by atoms with Crippen molar-refractivity contribution in [2.24, 2.45) is 0 Å². The van der Waals surface area contributed by atoms with Crippen molar-refractivity contribution in [1.29, 1.82) is 0 Å². The molecule has 0 aliphatic heterocycles. The summed E-state index contributed by atoms with van der Waals surface area (Å²) in [7, 11) is 0. The largest absolute Gasteiger partial charge is 0.398 e. The first-order valence-electron chi connectivity index (χ1n) is 4.62. The molecule has 3 aromatic rings. The zero-order chi connectivity index (χ0) is 10.4. The molecule has 0 amide bonds. The maximum Gasteiger partial charge on any atom is 0.0596 e. The molecule has 16 heavy (non-hydrogen) atoms. The third kappa shape index (κ3) is 1.59. The van der Waals surface area contributed by atoms with Gasteiger partial charge < -0.3 is 5.73 Å². The molecule has 3 rings (SSSR count). The quantitative estimate of drug-likeness (QED) is 0.591. The fourth-order valence-corrected chi connectivity index (χ4v) is 3.64. The predicted octanol–water partition coefficient (Wildman–Crippen LogP) is 4.82. The molecule has 4 heteroatoms. The molecule has 0 radical (unpaired) electrons. The van der Waals surface area contributed by atoms with Crippen LogP contribution in [0.25, 0.3) is 20.2 Å². The molecular weight excluding hydrogens is 306 g/mol. The van der Waals surface area contributed by atoms with E-state index in [1.807, 2.05) is 12.1 Å². The van der Waals surface area contributed by atoms with Crippen molar-refractivity contribution < 1.29 is 0 Å². The van der Waals surface area contributed by atoms with Crippen molar-refractivity contribution in [1.82, 2.24) is 0 Å². The molecule has 0 atom stereocenters. The number of benzene rings is 2. The van der Waals surface area contributed by atoms with E-state index in [2.05, 4.69) is 40.2 Å². The highest BCUT2D eigenvalue weighted by atomic mass is 79.9. The van der Waals surface area contributed by atoms with Crippen molar-refractivity contribution in [3.63, 3.8) is 0 Å². The third-order valence-electron chi connectivity index (χ3n) is 2.51. The van der Waals surface area contributed by atoms with Crippen LogP contribution >= 0.6 is 39.7 Å². The molecule has 2 aromatic carbocycles. The predicted molar refractivity (Wildman–Crippen MR) is 78.7 cm³/mol. The van der Waals surface area contributed by atoms with E-state index >= 15 is 0 Å². The number of anilines is 1. The van der Waals surface area contributed by atoms with Crippen LogP contribution in [0.4, 0.5) is 5.69 Å². The highest BCUT2D eigenvalue weighted by Crippen LogP contribution is 2.40. The SMILES string of the molecule is Cl.Nc1ccc(Br)c2c1sc1ccccc12. The molecular formula is C12H9BrClNS. The van der Waals surface area contributed by atoms with Crippen LogP contribution < -0.4 is 5.73 Å². The van der Waals surface area contributed by atoms with Crippen molar-refractivity contribution in [3.05, 3.63) is 40.9 Å². The number of rotatable bonds is 0. The molecule has 0 saturated carbocycles. The second-order valence-electron chi connectivity index (χ2n) is 3.44. The molecule has 2 N–H and O–H groups in total. The summed E-state index contributed by atoms with van der Waals surface area (Å²) in [6.45, 7) is 0. The van der Waals surface area contributed by atoms with Gasteiger partial charge in [-0.05, 0) is 18.2 Å². The van der Waals surface area contributed by atoms with Crippen LogP contribution in [0.2, 0.25) is 0 Å². The second kappa shape index (κ2) is 4.24. The van der Waals surface area contributed by atoms with E-state index in [-0.39, 0.29) is 12.4 Å². The lowest BCUT2D eigenvalue weighted by molar-refractivity contribution is 1.76. The summed E-state index contributed by atoms with van der Waals surface area (Å²) in [5, 5.41) is 2.51. The lowest BCUT2D eigenvalue weighted by Crippen LogP contribution is -1.83. The molecule has 0 aliphatic rings. The summed E-state index contributed by atoms with van der Waals surface area (Å²) in [5.74, 6) is 0. The van der Waals surface area contributed by atoms with Gasteiger partial charge in [0.25, 0.3) is 0 Å². The molecule has 82 valence electrons. The zero-order valence-corrected chi connectivity index (χ0v) is 11.5. The Kier molecular flexibility index (Phi) is 3.10. The van der Waals surface area contributed by atoms with Gasteiger partial charge in [0, 0.05) is 25.6 Å². The number of halogens is 2. The van der Waals surface area contributed by atoms with Gasteiger partial charge in [-0.1, -0.05) is 34.1 Å². The lowest BCUT2D eigenvalue weighted by atomic mass is 10.1. The van der Waals surface area contributed by atoms with Gasteiger partial charge in [-0.15, -0.1) is 23.7 Å². The summed E-state index contributed by atoms with van der Waals surface area (Å²) in [5.41, 5.74) is 6.83. The molecule has 1 nitrogen and oxygen atoms in total. The van der Waals surface area contributed by atoms with Crippen molar-refractivity contribution >= 4 is 65.5 Å². The number of thiophene rings is 1. The van der Waals surface area contributed by atoms with Gasteiger partial charge in [0.05, 0.1) is 4.70 Å². The highest BCUT2D eigenvalue weighted by Gasteiger charge is 2.09. The van der Waals surface area contributed by atoms with Crippen LogP contribution in [0, 0.1) is 0 Å². The molecule has 0 unspecified atom stereocenters. The molecule has 0 spiro atoms. The monoisotopic (exact) mass is 313 g/mol. The number of hydrogen-bond donors (Lipinski definition) is 1. The van der Waals surface area contributed by atoms with Crippen LogP contribution in [0.15, 0.2) is 40.9 Å². The van der Waals surface area contributed by atoms with E-state index in [1.165, 1.54) is 20.2 Å². The van der Waals surface area contributed by atoms with Crippen LogP contribution in [-0.4, -0.2) is 0 Å². The van der Waals surface area contributed by atoms with Gasteiger partial charge in [0.2, 0.25) is 0 Å². The summed E-state index contributed by atoms with van der Waals surface area (Å²) in [4.78, 5) is 0. The van der Waals surface area contributed by atoms with E-state index < -0.39 is 0 Å². The lowest BCUT2D eigenvalue weighted by Gasteiger charge is -1.98. The maximum atomic E-state index is 5.98. The Labute approximate surface area is 112 Å². The Morgan fingerprint density at radius 1 is 1.06 bits per heavy atom. The fourth-order valence-electron chi connectivity index (χ4n) is 1.81. The first-order chi connectivity index (χ1) is 7.27. The summed E-state index contributed by atoms with van der Waals surface area (Å²) in [6.07, 6.45) is 0. The number of hydrogen-bond acceptors (Lipinski definition) is 2. The average Bonchev–Trinajstić information content (AvgIpc) is 2.64. The van der Waals surface area contributed by atoms with Crippen LogP contribution in [0.5, 0.6) is 0 Å². The Hall–Kier alpha value is -0.770. The molecule has 0 aliphatic carbocycles. The first-order valence-corrected chi connectivity index (χ1v) is 6.23. The molecule has 1 heterocycles. The number of nitrogen functional groups attached to an aromatic ring is 1. The Balaban J connectivity index is 0.000000963. The van der Waals surface area contributed by atoms with E-state index in [0.29, 0.717) is 0 Å². The first kappa shape index (κ1) is 11.7. The van der Waals surface area contributed by atoms with Gasteiger partial charge in [-0.3, -0.25) is 0 Å². The van der Waals surface area contributed by atoms with E-state index in [9.17, 15) is 0 Å². The van der Waals surface area contributed by atoms with Gasteiger partial charge in [0.1, 0.15) is 0 Å². The standard InChI is InChI=1S/C12H8BrNS.ClH/c13-8-5-6-9(14)12-11(8)7-3-1-2-4-10(7)15-12;/h1-6H,14H2;1H. The minimum absolute atomic E-state index is 0. The highest BCUT2D eigenvalue weighted by molar-refractivity contribution is 9.10. The van der Waals surface area contributed by atoms with Crippen molar-refractivity contribution in [2.75, 3.05) is 5.73 Å². The summed E-state index contributed by atoms with van der Waals surface area (Å²) < 4.78 is 3.57. The summed E-state index contributed by atoms with van der Waals surface area (Å²) in [6, 6.07) is 12.3. The molecule has 0 fully saturated rings. The molecule has 0 bridgehead atoms. The van der Waals surface area contributed by atoms with E-state index in [4.69, 9.17) is 5.73 Å². The van der Waals surface area contributed by atoms with Crippen LogP contribution in [0.1, 0.15) is 0 Å². The van der Waals surface area contributed by atoms with Gasteiger partial charge in [0.15, 0.2) is 0 Å². The smallest absolute Gasteiger partial charge is 0.0596 e. The number of fused-ring (bicyclic) bond motifs is 3. The molecule has 1 aromatic heterocycles. The minimum Gasteiger partial charge on any atom is -0.398 e. The van der Waals surface area contributed by atoms with Gasteiger partial charge >= 0.3 is 0 Å². The Morgan fingerprint density at radius 3 is 2.62 bits per heavy atom. The minimum atomic E-state index is 0. The number of nitrogens with two attached hydrogens (primary N) is 1. The molecule has 0 saturated heterocycles. The Bertz CT molecular complexity index is 662. The topological polar surface area (TPSA) is 26.0 Å². The maximum absolute atomic E-state index is 5.98. The van der Waals surface area contributed by atoms with Crippen molar-refractivity contribution in [2.45, 2.75) is 0 Å². The fraction of sp³-hybridized carbons (Fsp3) is 0. The van der Waals surface area contributed by atoms with Crippen LogP contribution in [-0.2, 0) is 0 Å². The Morgan fingerprint density at radius 2 is 1.81 bits per heavy atom. The van der Waals surface area contributed by atoms with Crippen molar-refractivity contribution in [3.8, 4) is 0 Å². The van der Waals surface area contributed by atoms with E-state index in [1.54, 1.807) is 11.3 Å². The normalized spacial score (nSPS) is 10.6. The summed E-state index contributed by atoms with van der Waals surface area (Å²) >= 11 is 5.33. The zero-order valence-electron chi connectivity index (χ0n) is 8.24.